The first-order valence-corrected chi connectivity index (χ1v) is 10.6. The molecule has 1 aromatic carbocycles. The number of nitrogens with zero attached hydrogens (tertiary/aromatic N) is 3. The third kappa shape index (κ3) is 4.18. The van der Waals surface area contributed by atoms with Crippen LogP contribution in [0.5, 0.6) is 0 Å². The van der Waals surface area contributed by atoms with Crippen molar-refractivity contribution >= 4 is 17.7 Å². The molecule has 3 aliphatic rings. The van der Waals surface area contributed by atoms with E-state index in [-0.39, 0.29) is 18.1 Å². The molecule has 152 valence electrons. The minimum atomic E-state index is -0.00206. The summed E-state index contributed by atoms with van der Waals surface area (Å²) in [5, 5.41) is 5.97. The fourth-order valence-corrected chi connectivity index (χ4v) is 4.60. The number of carbonyl (C=O) groups is 2. The Labute approximate surface area is 167 Å². The van der Waals surface area contributed by atoms with Gasteiger partial charge in [0.25, 0.3) is 0 Å². The Hall–Kier alpha value is -2.44. The summed E-state index contributed by atoms with van der Waals surface area (Å²) in [6, 6.07) is 8.69. The minimum Gasteiger partial charge on any atom is -0.371 e. The molecule has 0 spiro atoms. The van der Waals surface area contributed by atoms with E-state index < -0.39 is 0 Å². The molecule has 1 aromatic rings. The molecule has 0 radical (unpaired) electrons. The number of benzene rings is 1. The number of urea groups is 2. The highest BCUT2D eigenvalue weighted by atomic mass is 16.2. The number of carbonyl (C=O) groups excluding carboxylic acids is 2. The highest BCUT2D eigenvalue weighted by molar-refractivity contribution is 5.77. The van der Waals surface area contributed by atoms with Gasteiger partial charge in [-0.25, -0.2) is 9.59 Å². The molecule has 3 saturated heterocycles. The van der Waals surface area contributed by atoms with Crippen LogP contribution in [0.2, 0.25) is 0 Å². The van der Waals surface area contributed by atoms with E-state index in [1.807, 2.05) is 15.9 Å². The number of hydrogen-bond acceptors (Lipinski definition) is 3. The van der Waals surface area contributed by atoms with Gasteiger partial charge >= 0.3 is 12.1 Å². The smallest absolute Gasteiger partial charge is 0.317 e. The molecule has 0 saturated carbocycles. The van der Waals surface area contributed by atoms with Gasteiger partial charge in [-0.2, -0.15) is 0 Å². The molecule has 2 N–H and O–H groups in total. The molecule has 3 fully saturated rings. The lowest BCUT2D eigenvalue weighted by Crippen LogP contribution is -2.50. The van der Waals surface area contributed by atoms with Crippen LogP contribution >= 0.6 is 0 Å². The lowest BCUT2D eigenvalue weighted by molar-refractivity contribution is 0.141. The van der Waals surface area contributed by atoms with E-state index in [9.17, 15) is 9.59 Å². The Bertz CT molecular complexity index is 696. The summed E-state index contributed by atoms with van der Waals surface area (Å²) < 4.78 is 0. The summed E-state index contributed by atoms with van der Waals surface area (Å²) in [7, 11) is 0. The zero-order chi connectivity index (χ0) is 19.3. The van der Waals surface area contributed by atoms with Crippen LogP contribution < -0.4 is 15.5 Å². The van der Waals surface area contributed by atoms with Gasteiger partial charge in [0.15, 0.2) is 0 Å². The van der Waals surface area contributed by atoms with Crippen molar-refractivity contribution in [2.24, 2.45) is 0 Å². The van der Waals surface area contributed by atoms with E-state index in [1.165, 1.54) is 30.5 Å². The van der Waals surface area contributed by atoms with Gasteiger partial charge in [0, 0.05) is 57.5 Å². The van der Waals surface area contributed by atoms with Crippen LogP contribution in [0.15, 0.2) is 24.3 Å². The van der Waals surface area contributed by atoms with Gasteiger partial charge in [-0.15, -0.1) is 0 Å². The molecular weight excluding hydrogens is 354 g/mol. The lowest BCUT2D eigenvalue weighted by atomic mass is 10.0. The second-order valence-electron chi connectivity index (χ2n) is 7.98. The minimum absolute atomic E-state index is 0.00206. The molecule has 7 heteroatoms. The predicted molar refractivity (Wildman–Crippen MR) is 109 cm³/mol. The predicted octanol–water partition coefficient (Wildman–Crippen LogP) is 2.38. The number of anilines is 1. The first-order valence-electron chi connectivity index (χ1n) is 10.6. The number of piperidine rings is 2. The number of nitrogens with one attached hydrogen (secondary N) is 2. The van der Waals surface area contributed by atoms with Crippen molar-refractivity contribution < 1.29 is 9.59 Å². The van der Waals surface area contributed by atoms with Crippen LogP contribution in [-0.2, 0) is 6.54 Å². The van der Waals surface area contributed by atoms with Gasteiger partial charge in [0.1, 0.15) is 0 Å². The SMILES string of the molecule is O=C(NCc1ccccc1N1CCCCC1)N1CCC(N2CCNC2=O)CC1. The van der Waals surface area contributed by atoms with Crippen LogP contribution in [0, 0.1) is 0 Å². The summed E-state index contributed by atoms with van der Waals surface area (Å²) in [6.07, 6.45) is 5.50. The van der Waals surface area contributed by atoms with Crippen molar-refractivity contribution in [2.45, 2.75) is 44.7 Å². The zero-order valence-corrected chi connectivity index (χ0v) is 16.5. The maximum absolute atomic E-state index is 12.7. The third-order valence-corrected chi connectivity index (χ3v) is 6.20. The van der Waals surface area contributed by atoms with Gasteiger partial charge in [0.05, 0.1) is 0 Å². The number of likely N-dealkylation sites (tertiary alicyclic amines) is 1. The van der Waals surface area contributed by atoms with Crippen molar-refractivity contribution in [2.75, 3.05) is 44.2 Å². The Balaban J connectivity index is 1.29. The van der Waals surface area contributed by atoms with E-state index in [2.05, 4.69) is 33.7 Å². The summed E-state index contributed by atoms with van der Waals surface area (Å²) in [5.41, 5.74) is 2.43. The molecule has 4 rings (SSSR count). The summed E-state index contributed by atoms with van der Waals surface area (Å²) >= 11 is 0. The maximum atomic E-state index is 12.7. The molecule has 28 heavy (non-hydrogen) atoms. The van der Waals surface area contributed by atoms with Crippen molar-refractivity contribution in [1.82, 2.24) is 20.4 Å². The Morgan fingerprint density at radius 2 is 1.79 bits per heavy atom. The standard InChI is InChI=1S/C21H31N5O2/c27-20(25-13-8-18(9-14-25)26-15-10-22-21(26)28)23-16-17-6-2-3-7-19(17)24-11-4-1-5-12-24/h2-3,6-7,18H,1,4-5,8-16H2,(H,22,28)(H,23,27). The molecule has 3 aliphatic heterocycles. The van der Waals surface area contributed by atoms with Crippen molar-refractivity contribution in [3.05, 3.63) is 29.8 Å². The Kier molecular flexibility index (Phi) is 5.88. The van der Waals surface area contributed by atoms with Crippen LogP contribution in [0.3, 0.4) is 0 Å². The summed E-state index contributed by atoms with van der Waals surface area (Å²) in [5.74, 6) is 0. The van der Waals surface area contributed by atoms with Crippen molar-refractivity contribution in [1.29, 1.82) is 0 Å². The molecule has 0 bridgehead atoms. The normalized spacial score (nSPS) is 21.0. The Morgan fingerprint density at radius 3 is 2.50 bits per heavy atom. The molecule has 0 aromatic heterocycles. The van der Waals surface area contributed by atoms with E-state index in [1.54, 1.807) is 0 Å². The topological polar surface area (TPSA) is 67.9 Å². The van der Waals surface area contributed by atoms with Gasteiger partial charge in [-0.3, -0.25) is 0 Å². The van der Waals surface area contributed by atoms with Crippen molar-refractivity contribution in [3.8, 4) is 0 Å². The fraction of sp³-hybridized carbons (Fsp3) is 0.619. The largest absolute Gasteiger partial charge is 0.371 e. The molecule has 4 amide bonds. The fourth-order valence-electron chi connectivity index (χ4n) is 4.60. The number of hydrogen-bond donors (Lipinski definition) is 2. The maximum Gasteiger partial charge on any atom is 0.317 e. The highest BCUT2D eigenvalue weighted by Crippen LogP contribution is 2.24. The second kappa shape index (κ2) is 8.71. The molecular formula is C21H31N5O2. The summed E-state index contributed by atoms with van der Waals surface area (Å²) in [6.45, 7) is 5.67. The number of amides is 4. The second-order valence-corrected chi connectivity index (χ2v) is 7.98. The van der Waals surface area contributed by atoms with Gasteiger partial charge in [0.2, 0.25) is 0 Å². The van der Waals surface area contributed by atoms with Crippen LogP contribution in [-0.4, -0.2) is 67.2 Å². The monoisotopic (exact) mass is 385 g/mol. The quantitative estimate of drug-likeness (QED) is 0.836. The Morgan fingerprint density at radius 1 is 1.04 bits per heavy atom. The molecule has 7 nitrogen and oxygen atoms in total. The average Bonchev–Trinajstić information content (AvgIpc) is 3.19. The lowest BCUT2D eigenvalue weighted by Gasteiger charge is -2.36. The van der Waals surface area contributed by atoms with Gasteiger partial charge in [-0.05, 0) is 43.7 Å². The highest BCUT2D eigenvalue weighted by Gasteiger charge is 2.31. The first kappa shape index (κ1) is 18.9. The third-order valence-electron chi connectivity index (χ3n) is 6.20. The summed E-state index contributed by atoms with van der Waals surface area (Å²) in [4.78, 5) is 30.7. The van der Waals surface area contributed by atoms with Crippen molar-refractivity contribution in [3.63, 3.8) is 0 Å². The van der Waals surface area contributed by atoms with Gasteiger partial charge in [-0.1, -0.05) is 18.2 Å². The van der Waals surface area contributed by atoms with Crippen LogP contribution in [0.4, 0.5) is 15.3 Å². The van der Waals surface area contributed by atoms with E-state index in [0.717, 1.165) is 39.0 Å². The average molecular weight is 386 g/mol. The zero-order valence-electron chi connectivity index (χ0n) is 16.5. The first-order chi connectivity index (χ1) is 13.7. The van der Waals surface area contributed by atoms with Gasteiger partial charge < -0.3 is 25.3 Å². The molecule has 3 heterocycles. The number of rotatable bonds is 4. The van der Waals surface area contributed by atoms with E-state index in [4.69, 9.17) is 0 Å². The van der Waals surface area contributed by atoms with E-state index >= 15 is 0 Å². The number of para-hydroxylation sites is 1. The van der Waals surface area contributed by atoms with Crippen LogP contribution in [0.1, 0.15) is 37.7 Å². The van der Waals surface area contributed by atoms with E-state index in [0.29, 0.717) is 19.6 Å². The molecule has 0 aliphatic carbocycles. The van der Waals surface area contributed by atoms with Crippen LogP contribution in [0.25, 0.3) is 0 Å². The molecule has 0 unspecified atom stereocenters. The molecule has 0 atom stereocenters.